The molecule has 0 radical (unpaired) electrons. The molecule has 1 amide bonds. The van der Waals surface area contributed by atoms with E-state index in [2.05, 4.69) is 42.6 Å². The molecule has 0 aliphatic carbocycles. The van der Waals surface area contributed by atoms with E-state index >= 15 is 0 Å². The highest BCUT2D eigenvalue weighted by Gasteiger charge is 2.27. The van der Waals surface area contributed by atoms with Gasteiger partial charge in [-0.2, -0.15) is 0 Å². The molecule has 1 aliphatic heterocycles. The van der Waals surface area contributed by atoms with Crippen molar-refractivity contribution in [2.45, 2.75) is 45.1 Å². The van der Waals surface area contributed by atoms with Crippen LogP contribution in [-0.4, -0.2) is 74.3 Å². The van der Waals surface area contributed by atoms with Gasteiger partial charge in [0.2, 0.25) is 0 Å². The lowest BCUT2D eigenvalue weighted by atomic mass is 9.80. The van der Waals surface area contributed by atoms with Crippen molar-refractivity contribution in [1.29, 1.82) is 0 Å². The predicted molar refractivity (Wildman–Crippen MR) is 175 cm³/mol. The molecule has 1 saturated heterocycles. The fourth-order valence-corrected chi connectivity index (χ4v) is 5.49. The van der Waals surface area contributed by atoms with Gasteiger partial charge in [-0.1, -0.05) is 80.6 Å². The Hall–Kier alpha value is -4.07. The van der Waals surface area contributed by atoms with Gasteiger partial charge in [-0.05, 0) is 50.1 Å². The number of hydrogen-bond donors (Lipinski definition) is 1. The van der Waals surface area contributed by atoms with Crippen molar-refractivity contribution in [2.24, 2.45) is 0 Å². The topological polar surface area (TPSA) is 79.0 Å². The minimum Gasteiger partial charge on any atom is -0.446 e. The molecule has 0 aromatic heterocycles. The molecule has 0 spiro atoms. The zero-order valence-electron chi connectivity index (χ0n) is 25.9. The number of rotatable bonds is 11. The Morgan fingerprint density at radius 2 is 1.67 bits per heavy atom. The highest BCUT2D eigenvalue weighted by atomic mass is 16.6. The van der Waals surface area contributed by atoms with E-state index in [4.69, 9.17) is 4.74 Å². The fraction of sp³-hybridized carbons (Fsp3) is 0.361. The van der Waals surface area contributed by atoms with Crippen LogP contribution in [0.25, 0.3) is 11.1 Å². The van der Waals surface area contributed by atoms with Crippen molar-refractivity contribution in [1.82, 2.24) is 9.80 Å². The van der Waals surface area contributed by atoms with Gasteiger partial charge in [0.25, 0.3) is 0 Å². The number of ether oxygens (including phenoxy) is 1. The van der Waals surface area contributed by atoms with Crippen LogP contribution in [0.1, 0.15) is 59.9 Å². The van der Waals surface area contributed by atoms with E-state index in [0.29, 0.717) is 11.1 Å². The van der Waals surface area contributed by atoms with Crippen molar-refractivity contribution in [3.63, 3.8) is 0 Å². The lowest BCUT2D eigenvalue weighted by Crippen LogP contribution is -2.43. The molecule has 0 bridgehead atoms. The van der Waals surface area contributed by atoms with Crippen LogP contribution in [0.3, 0.4) is 0 Å². The van der Waals surface area contributed by atoms with E-state index in [-0.39, 0.29) is 11.5 Å². The van der Waals surface area contributed by atoms with Crippen molar-refractivity contribution < 1.29 is 19.1 Å². The van der Waals surface area contributed by atoms with E-state index < -0.39 is 6.09 Å². The number of aldehydes is 2. The van der Waals surface area contributed by atoms with Crippen LogP contribution in [0.2, 0.25) is 0 Å². The van der Waals surface area contributed by atoms with E-state index in [0.717, 1.165) is 80.5 Å². The minimum absolute atomic E-state index is 0.108. The molecule has 3 aromatic carbocycles. The fourth-order valence-electron chi connectivity index (χ4n) is 5.49. The number of carbonyl (C=O) groups is 3. The lowest BCUT2D eigenvalue weighted by Gasteiger charge is -2.35. The van der Waals surface area contributed by atoms with Gasteiger partial charge in [-0.3, -0.25) is 14.9 Å². The number of nitrogens with one attached hydrogen (secondary N) is 1. The number of carbonyl (C=O) groups excluding carboxylic acids is 3. The molecule has 3 aromatic rings. The van der Waals surface area contributed by atoms with Crippen LogP contribution in [0.5, 0.6) is 0 Å². The van der Waals surface area contributed by atoms with Gasteiger partial charge in [0, 0.05) is 54.8 Å². The van der Waals surface area contributed by atoms with Crippen LogP contribution >= 0.6 is 0 Å². The predicted octanol–water partition coefficient (Wildman–Crippen LogP) is 7.09. The highest BCUT2D eigenvalue weighted by molar-refractivity contribution is 5.91. The maximum Gasteiger partial charge on any atom is 0.411 e. The molecule has 1 N–H and O–H groups in total. The van der Waals surface area contributed by atoms with Crippen molar-refractivity contribution >= 4 is 24.4 Å². The standard InChI is InChI=1S/C33H39N3O4.C3H6/c1-33(2,30-21-25(22-37)13-14-27(30)23-38)24-35(3)19-20-36-17-15-28(16-18-36)40-32(39)34-31-12-8-7-11-29(31)26-9-5-4-6-10-26;1-3-2/h4-14,21-23,28H,15-20,24H2,1-3H3,(H,34,39);3H,1H2,2H3. The van der Waals surface area contributed by atoms with Gasteiger partial charge < -0.3 is 14.5 Å². The molecule has 7 heteroatoms. The van der Waals surface area contributed by atoms with Gasteiger partial charge in [-0.25, -0.2) is 4.79 Å². The van der Waals surface area contributed by atoms with Crippen LogP contribution in [-0.2, 0) is 10.2 Å². The second-order valence-electron chi connectivity index (χ2n) is 11.6. The lowest BCUT2D eigenvalue weighted by molar-refractivity contribution is 0.0560. The third-order valence-corrected chi connectivity index (χ3v) is 7.59. The number of nitrogens with zero attached hydrogens (tertiary/aromatic N) is 2. The Kier molecular flexibility index (Phi) is 12.9. The molecule has 4 rings (SSSR count). The van der Waals surface area contributed by atoms with Crippen LogP contribution < -0.4 is 5.32 Å². The van der Waals surface area contributed by atoms with E-state index in [1.807, 2.05) is 67.6 Å². The summed E-state index contributed by atoms with van der Waals surface area (Å²) in [5.41, 5.74) is 4.54. The van der Waals surface area contributed by atoms with Gasteiger partial charge >= 0.3 is 6.09 Å². The number of amides is 1. The average molecular weight is 584 g/mol. The summed E-state index contributed by atoms with van der Waals surface area (Å²) in [6.07, 6.45) is 4.49. The summed E-state index contributed by atoms with van der Waals surface area (Å²) in [7, 11) is 2.08. The van der Waals surface area contributed by atoms with Gasteiger partial charge in [0.1, 0.15) is 18.7 Å². The third-order valence-electron chi connectivity index (χ3n) is 7.59. The summed E-state index contributed by atoms with van der Waals surface area (Å²) in [6.45, 7) is 13.7. The Bertz CT molecular complexity index is 1350. The Labute approximate surface area is 256 Å². The normalized spacial score (nSPS) is 13.9. The second kappa shape index (κ2) is 16.5. The second-order valence-corrected chi connectivity index (χ2v) is 11.6. The molecule has 1 heterocycles. The summed E-state index contributed by atoms with van der Waals surface area (Å²) in [6, 6.07) is 23.0. The molecular weight excluding hydrogens is 538 g/mol. The number of likely N-dealkylation sites (tertiary alicyclic amines) is 1. The number of likely N-dealkylation sites (N-methyl/N-ethyl adjacent to an activating group) is 1. The number of benzene rings is 3. The Morgan fingerprint density at radius 1 is 1.02 bits per heavy atom. The first-order valence-corrected chi connectivity index (χ1v) is 14.9. The van der Waals surface area contributed by atoms with E-state index in [9.17, 15) is 14.4 Å². The van der Waals surface area contributed by atoms with E-state index in [1.54, 1.807) is 18.2 Å². The first kappa shape index (κ1) is 33.4. The van der Waals surface area contributed by atoms with Crippen LogP contribution in [0.4, 0.5) is 10.5 Å². The number of para-hydroxylation sites is 1. The zero-order valence-corrected chi connectivity index (χ0v) is 25.9. The average Bonchev–Trinajstić information content (AvgIpc) is 3.01. The monoisotopic (exact) mass is 583 g/mol. The maximum absolute atomic E-state index is 12.7. The molecule has 0 unspecified atom stereocenters. The first-order chi connectivity index (χ1) is 20.7. The van der Waals surface area contributed by atoms with Gasteiger partial charge in [0.05, 0.1) is 5.69 Å². The third kappa shape index (κ3) is 10.0. The molecule has 0 atom stereocenters. The summed E-state index contributed by atoms with van der Waals surface area (Å²) >= 11 is 0. The zero-order chi connectivity index (χ0) is 31.2. The summed E-state index contributed by atoms with van der Waals surface area (Å²) < 4.78 is 5.78. The Morgan fingerprint density at radius 3 is 2.33 bits per heavy atom. The quantitative estimate of drug-likeness (QED) is 0.192. The first-order valence-electron chi connectivity index (χ1n) is 14.9. The number of hydrogen-bond acceptors (Lipinski definition) is 6. The summed E-state index contributed by atoms with van der Waals surface area (Å²) in [5.74, 6) is 0. The van der Waals surface area contributed by atoms with E-state index in [1.165, 1.54) is 0 Å². The molecule has 1 fully saturated rings. The molecule has 1 aliphatic rings. The number of allylic oxidation sites excluding steroid dienone is 1. The molecule has 7 nitrogen and oxygen atoms in total. The molecule has 228 valence electrons. The number of piperidine rings is 1. The summed E-state index contributed by atoms with van der Waals surface area (Å²) in [4.78, 5) is 40.3. The summed E-state index contributed by atoms with van der Waals surface area (Å²) in [5, 5.41) is 2.94. The number of anilines is 1. The molecule has 0 saturated carbocycles. The van der Waals surface area contributed by atoms with Crippen molar-refractivity contribution in [3.05, 3.63) is 102 Å². The molecule has 43 heavy (non-hydrogen) atoms. The largest absolute Gasteiger partial charge is 0.446 e. The maximum atomic E-state index is 12.7. The van der Waals surface area contributed by atoms with Crippen LogP contribution in [0.15, 0.2) is 85.5 Å². The SMILES string of the molecule is C=CC.CN(CCN1CCC(OC(=O)Nc2ccccc2-c2ccccc2)CC1)CC(C)(C)c1cc(C=O)ccc1C=O. The smallest absolute Gasteiger partial charge is 0.411 e. The van der Waals surface area contributed by atoms with Crippen molar-refractivity contribution in [3.8, 4) is 11.1 Å². The van der Waals surface area contributed by atoms with Gasteiger partial charge in [0.15, 0.2) is 0 Å². The Balaban J connectivity index is 0.00000162. The van der Waals surface area contributed by atoms with Crippen LogP contribution in [0, 0.1) is 0 Å². The minimum atomic E-state index is -0.419. The van der Waals surface area contributed by atoms with Crippen molar-refractivity contribution in [2.75, 3.05) is 45.1 Å². The van der Waals surface area contributed by atoms with Gasteiger partial charge in [-0.15, -0.1) is 6.58 Å². The highest BCUT2D eigenvalue weighted by Crippen LogP contribution is 2.29. The molecular formula is C36H45N3O4.